The van der Waals surface area contributed by atoms with Crippen LogP contribution in [0.2, 0.25) is 0 Å². The third-order valence-corrected chi connectivity index (χ3v) is 2.40. The van der Waals surface area contributed by atoms with E-state index in [2.05, 4.69) is 25.3 Å². The first kappa shape index (κ1) is 12.3. The minimum atomic E-state index is 0.235. The van der Waals surface area contributed by atoms with E-state index in [-0.39, 0.29) is 4.99 Å². The third kappa shape index (κ3) is 3.17. The van der Waals surface area contributed by atoms with Crippen LogP contribution in [0.5, 0.6) is 0 Å². The molecule has 7 heteroatoms. The molecule has 0 unspecified atom stereocenters. The van der Waals surface area contributed by atoms with Crippen molar-refractivity contribution in [3.05, 3.63) is 41.9 Å². The Kier molecular flexibility index (Phi) is 3.73. The van der Waals surface area contributed by atoms with Gasteiger partial charge in [-0.15, -0.1) is 0 Å². The molecule has 0 saturated carbocycles. The Morgan fingerprint density at radius 3 is 2.56 bits per heavy atom. The van der Waals surface area contributed by atoms with Gasteiger partial charge in [0.25, 0.3) is 0 Å². The topological polar surface area (TPSA) is 89.6 Å². The first-order valence-electron chi connectivity index (χ1n) is 5.28. The van der Waals surface area contributed by atoms with E-state index < -0.39 is 0 Å². The molecule has 0 aliphatic carbocycles. The SMILES string of the molecule is Cc1cnc(CNc2cnc(C(N)=S)cn2)cn1. The highest BCUT2D eigenvalue weighted by Gasteiger charge is 2.00. The normalized spacial score (nSPS) is 10.1. The molecule has 0 amide bonds. The van der Waals surface area contributed by atoms with Gasteiger partial charge in [0.1, 0.15) is 16.5 Å². The maximum Gasteiger partial charge on any atom is 0.144 e. The van der Waals surface area contributed by atoms with Crippen LogP contribution in [0.25, 0.3) is 0 Å². The third-order valence-electron chi connectivity index (χ3n) is 2.19. The van der Waals surface area contributed by atoms with E-state index in [1.807, 2.05) is 6.92 Å². The van der Waals surface area contributed by atoms with Crippen LogP contribution in [0.3, 0.4) is 0 Å². The van der Waals surface area contributed by atoms with Crippen molar-refractivity contribution in [2.75, 3.05) is 5.32 Å². The van der Waals surface area contributed by atoms with Crippen LogP contribution < -0.4 is 11.1 Å². The summed E-state index contributed by atoms with van der Waals surface area (Å²) in [4.78, 5) is 16.8. The highest BCUT2D eigenvalue weighted by atomic mass is 32.1. The molecule has 0 aromatic carbocycles. The van der Waals surface area contributed by atoms with Crippen molar-refractivity contribution in [3.63, 3.8) is 0 Å². The maximum atomic E-state index is 5.43. The van der Waals surface area contributed by atoms with Crippen molar-refractivity contribution in [2.24, 2.45) is 5.73 Å². The maximum absolute atomic E-state index is 5.43. The number of nitrogens with two attached hydrogens (primary N) is 1. The lowest BCUT2D eigenvalue weighted by atomic mass is 10.4. The van der Waals surface area contributed by atoms with Gasteiger partial charge in [0, 0.05) is 6.20 Å². The summed E-state index contributed by atoms with van der Waals surface area (Å²) < 4.78 is 0. The van der Waals surface area contributed by atoms with Gasteiger partial charge >= 0.3 is 0 Å². The summed E-state index contributed by atoms with van der Waals surface area (Å²) >= 11 is 4.80. The minimum absolute atomic E-state index is 0.235. The average Bonchev–Trinajstić information content (AvgIpc) is 2.38. The van der Waals surface area contributed by atoms with Gasteiger partial charge in [0.2, 0.25) is 0 Å². The molecular weight excluding hydrogens is 248 g/mol. The summed E-state index contributed by atoms with van der Waals surface area (Å²) in [5, 5.41) is 3.09. The predicted octanol–water partition coefficient (Wildman–Crippen LogP) is 0.821. The number of hydrogen-bond acceptors (Lipinski definition) is 6. The van der Waals surface area contributed by atoms with Gasteiger partial charge in [-0.25, -0.2) is 9.97 Å². The zero-order valence-electron chi connectivity index (χ0n) is 9.79. The summed E-state index contributed by atoms with van der Waals surface area (Å²) in [5.74, 6) is 0.636. The van der Waals surface area contributed by atoms with Crippen molar-refractivity contribution in [1.29, 1.82) is 0 Å². The van der Waals surface area contributed by atoms with Crippen LogP contribution in [-0.2, 0) is 6.54 Å². The lowest BCUT2D eigenvalue weighted by Gasteiger charge is -2.05. The van der Waals surface area contributed by atoms with E-state index in [1.165, 1.54) is 6.20 Å². The van der Waals surface area contributed by atoms with Gasteiger partial charge in [0.05, 0.1) is 36.5 Å². The molecule has 18 heavy (non-hydrogen) atoms. The number of nitrogens with one attached hydrogen (secondary N) is 1. The number of aryl methyl sites for hydroxylation is 1. The second-order valence-corrected chi connectivity index (χ2v) is 4.09. The first-order valence-corrected chi connectivity index (χ1v) is 5.69. The summed E-state index contributed by atoms with van der Waals surface area (Å²) in [7, 11) is 0. The smallest absolute Gasteiger partial charge is 0.144 e. The van der Waals surface area contributed by atoms with Crippen molar-refractivity contribution in [2.45, 2.75) is 13.5 Å². The van der Waals surface area contributed by atoms with Crippen LogP contribution in [-0.4, -0.2) is 24.9 Å². The molecule has 2 aromatic rings. The molecule has 6 nitrogen and oxygen atoms in total. The van der Waals surface area contributed by atoms with Gasteiger partial charge in [-0.1, -0.05) is 12.2 Å². The van der Waals surface area contributed by atoms with Crippen LogP contribution in [0.15, 0.2) is 24.8 Å². The first-order chi connectivity index (χ1) is 8.65. The Morgan fingerprint density at radius 1 is 1.17 bits per heavy atom. The lowest BCUT2D eigenvalue weighted by Crippen LogP contribution is -2.12. The molecule has 0 saturated heterocycles. The molecular formula is C11H12N6S. The number of thiocarbonyl (C=S) groups is 1. The van der Waals surface area contributed by atoms with E-state index in [0.29, 0.717) is 18.1 Å². The van der Waals surface area contributed by atoms with E-state index in [4.69, 9.17) is 18.0 Å². The molecule has 2 aromatic heterocycles. The molecule has 0 fully saturated rings. The summed E-state index contributed by atoms with van der Waals surface area (Å²) in [5.41, 5.74) is 7.66. The second kappa shape index (κ2) is 5.46. The van der Waals surface area contributed by atoms with E-state index in [0.717, 1.165) is 11.4 Å². The molecule has 3 N–H and O–H groups in total. The Labute approximate surface area is 110 Å². The zero-order valence-corrected chi connectivity index (χ0v) is 10.6. The summed E-state index contributed by atoms with van der Waals surface area (Å²) in [6.07, 6.45) is 6.55. The fourth-order valence-corrected chi connectivity index (χ4v) is 1.34. The Bertz CT molecular complexity index is 536. The molecule has 0 atom stereocenters. The molecule has 0 bridgehead atoms. The number of aromatic nitrogens is 4. The number of nitrogens with zero attached hydrogens (tertiary/aromatic N) is 4. The van der Waals surface area contributed by atoms with Gasteiger partial charge < -0.3 is 11.1 Å². The van der Waals surface area contributed by atoms with E-state index >= 15 is 0 Å². The molecule has 0 aliphatic rings. The number of rotatable bonds is 4. The fraction of sp³-hybridized carbons (Fsp3) is 0.182. The molecule has 2 heterocycles. The quantitative estimate of drug-likeness (QED) is 0.786. The van der Waals surface area contributed by atoms with Crippen LogP contribution >= 0.6 is 12.2 Å². The largest absolute Gasteiger partial charge is 0.388 e. The number of anilines is 1. The van der Waals surface area contributed by atoms with E-state index in [9.17, 15) is 0 Å². The van der Waals surface area contributed by atoms with Crippen molar-refractivity contribution in [1.82, 2.24) is 19.9 Å². The highest BCUT2D eigenvalue weighted by molar-refractivity contribution is 7.80. The van der Waals surface area contributed by atoms with Crippen molar-refractivity contribution < 1.29 is 0 Å². The van der Waals surface area contributed by atoms with E-state index in [1.54, 1.807) is 18.6 Å². The molecule has 0 aliphatic heterocycles. The predicted molar refractivity (Wildman–Crippen MR) is 72.0 cm³/mol. The fourth-order valence-electron chi connectivity index (χ4n) is 1.24. The molecule has 0 radical (unpaired) electrons. The monoisotopic (exact) mass is 260 g/mol. The van der Waals surface area contributed by atoms with Crippen LogP contribution in [0, 0.1) is 6.92 Å². The lowest BCUT2D eigenvalue weighted by molar-refractivity contribution is 0.972. The second-order valence-electron chi connectivity index (χ2n) is 3.65. The van der Waals surface area contributed by atoms with Crippen LogP contribution in [0.4, 0.5) is 5.82 Å². The van der Waals surface area contributed by atoms with Crippen molar-refractivity contribution >= 4 is 23.0 Å². The Hall–Kier alpha value is -2.15. The highest BCUT2D eigenvalue weighted by Crippen LogP contribution is 2.03. The minimum Gasteiger partial charge on any atom is -0.388 e. The van der Waals surface area contributed by atoms with Gasteiger partial charge in [-0.2, -0.15) is 0 Å². The van der Waals surface area contributed by atoms with Crippen molar-refractivity contribution in [3.8, 4) is 0 Å². The summed E-state index contributed by atoms with van der Waals surface area (Å²) in [6, 6.07) is 0. The number of hydrogen-bond donors (Lipinski definition) is 2. The summed E-state index contributed by atoms with van der Waals surface area (Å²) in [6.45, 7) is 2.43. The zero-order chi connectivity index (χ0) is 13.0. The van der Waals surface area contributed by atoms with Gasteiger partial charge in [0.15, 0.2) is 0 Å². The van der Waals surface area contributed by atoms with Gasteiger partial charge in [-0.05, 0) is 6.92 Å². The van der Waals surface area contributed by atoms with Gasteiger partial charge in [-0.3, -0.25) is 9.97 Å². The molecule has 0 spiro atoms. The van der Waals surface area contributed by atoms with Crippen LogP contribution in [0.1, 0.15) is 17.1 Å². The standard InChI is InChI=1S/C11H12N6S/c1-7-2-14-8(3-13-7)4-16-10-6-15-9(5-17-10)11(12)18/h2-3,5-6H,4H2,1H3,(H2,12,18)(H,16,17). The molecule has 92 valence electrons. The average molecular weight is 260 g/mol. The Morgan fingerprint density at radius 2 is 2.00 bits per heavy atom. The Balaban J connectivity index is 1.97. The molecule has 2 rings (SSSR count).